The highest BCUT2D eigenvalue weighted by atomic mass is 32.2. The highest BCUT2D eigenvalue weighted by molar-refractivity contribution is 7.89. The Balaban J connectivity index is 1.35. The number of piperazine rings is 1. The first-order valence-corrected chi connectivity index (χ1v) is 11.2. The summed E-state index contributed by atoms with van der Waals surface area (Å²) in [5.74, 6) is -0.342. The number of nitrogens with zero attached hydrogens (tertiary/aromatic N) is 2. The maximum atomic E-state index is 13.0. The predicted molar refractivity (Wildman–Crippen MR) is 108 cm³/mol. The third kappa shape index (κ3) is 4.13. The van der Waals surface area contributed by atoms with Crippen molar-refractivity contribution >= 4 is 32.7 Å². The molecule has 1 saturated heterocycles. The fourth-order valence-corrected chi connectivity index (χ4v) is 5.09. The number of carbonyl (C=O) groups is 2. The van der Waals surface area contributed by atoms with Gasteiger partial charge >= 0.3 is 5.97 Å². The number of esters is 1. The number of rotatable bonds is 5. The Labute approximate surface area is 170 Å². The van der Waals surface area contributed by atoms with Gasteiger partial charge in [-0.3, -0.25) is 9.59 Å². The summed E-state index contributed by atoms with van der Waals surface area (Å²) < 4.78 is 32.5. The molecule has 8 heteroatoms. The molecule has 0 N–H and O–H groups in total. The van der Waals surface area contributed by atoms with Gasteiger partial charge in [0.1, 0.15) is 0 Å². The lowest BCUT2D eigenvalue weighted by atomic mass is 10.1. The lowest BCUT2D eigenvalue weighted by Gasteiger charge is -2.33. The molecule has 29 heavy (non-hydrogen) atoms. The summed E-state index contributed by atoms with van der Waals surface area (Å²) in [4.78, 5) is 25.8. The molecule has 154 valence electrons. The van der Waals surface area contributed by atoms with E-state index in [0.717, 1.165) is 17.2 Å². The van der Waals surface area contributed by atoms with Crippen molar-refractivity contribution in [3.8, 4) is 0 Å². The van der Waals surface area contributed by atoms with Crippen molar-refractivity contribution in [1.29, 1.82) is 0 Å². The highest BCUT2D eigenvalue weighted by Gasteiger charge is 2.41. The molecule has 2 unspecified atom stereocenters. The number of hydrogen-bond donors (Lipinski definition) is 0. The third-order valence-electron chi connectivity index (χ3n) is 5.70. The Hall–Kier alpha value is -2.45. The van der Waals surface area contributed by atoms with Gasteiger partial charge < -0.3 is 9.64 Å². The van der Waals surface area contributed by atoms with E-state index in [2.05, 4.69) is 0 Å². The Morgan fingerprint density at radius 3 is 2.34 bits per heavy atom. The van der Waals surface area contributed by atoms with Crippen LogP contribution in [0.1, 0.15) is 13.3 Å². The largest absolute Gasteiger partial charge is 0.455 e. The molecule has 0 aromatic heterocycles. The van der Waals surface area contributed by atoms with Crippen molar-refractivity contribution in [1.82, 2.24) is 9.21 Å². The van der Waals surface area contributed by atoms with E-state index in [-0.39, 0.29) is 55.5 Å². The minimum Gasteiger partial charge on any atom is -0.455 e. The number of fused-ring (bicyclic) bond motifs is 1. The molecule has 1 amide bonds. The SMILES string of the molecule is CC1CC1C(=O)OCC(=O)N1CCN(S(=O)(=O)c2ccc3ccccc3c2)CC1. The summed E-state index contributed by atoms with van der Waals surface area (Å²) in [6.07, 6.45) is 0.818. The van der Waals surface area contributed by atoms with Gasteiger partial charge in [0.2, 0.25) is 10.0 Å². The van der Waals surface area contributed by atoms with E-state index in [4.69, 9.17) is 4.74 Å². The van der Waals surface area contributed by atoms with E-state index >= 15 is 0 Å². The molecule has 1 saturated carbocycles. The molecule has 4 rings (SSSR count). The second-order valence-corrected chi connectivity index (χ2v) is 9.66. The number of amides is 1. The summed E-state index contributed by atoms with van der Waals surface area (Å²) in [6, 6.07) is 12.7. The molecule has 1 aliphatic heterocycles. The standard InChI is InChI=1S/C21H24N2O5S/c1-15-12-19(15)21(25)28-14-20(24)22-8-10-23(11-9-22)29(26,27)18-7-6-16-4-2-3-5-17(16)13-18/h2-7,13,15,19H,8-12,14H2,1H3. The van der Waals surface area contributed by atoms with Crippen molar-refractivity contribution in [2.24, 2.45) is 11.8 Å². The molecule has 2 atom stereocenters. The molecular weight excluding hydrogens is 392 g/mol. The second kappa shape index (κ2) is 7.76. The van der Waals surface area contributed by atoms with Crippen LogP contribution in [0, 0.1) is 11.8 Å². The van der Waals surface area contributed by atoms with Crippen molar-refractivity contribution in [3.05, 3.63) is 42.5 Å². The number of benzene rings is 2. The normalized spacial score (nSPS) is 22.4. The van der Waals surface area contributed by atoms with Gasteiger partial charge in [-0.15, -0.1) is 0 Å². The number of ether oxygens (including phenoxy) is 1. The zero-order valence-corrected chi connectivity index (χ0v) is 17.1. The van der Waals surface area contributed by atoms with Crippen LogP contribution in [0.15, 0.2) is 47.4 Å². The smallest absolute Gasteiger partial charge is 0.309 e. The van der Waals surface area contributed by atoms with Gasteiger partial charge in [-0.05, 0) is 35.2 Å². The van der Waals surface area contributed by atoms with Crippen molar-refractivity contribution in [3.63, 3.8) is 0 Å². The zero-order chi connectivity index (χ0) is 20.6. The van der Waals surface area contributed by atoms with Gasteiger partial charge in [0.15, 0.2) is 6.61 Å². The van der Waals surface area contributed by atoms with Crippen LogP contribution in [0.5, 0.6) is 0 Å². The maximum Gasteiger partial charge on any atom is 0.309 e. The summed E-state index contributed by atoms with van der Waals surface area (Å²) in [5.41, 5.74) is 0. The minimum atomic E-state index is -3.63. The number of sulfonamides is 1. The molecule has 2 aromatic carbocycles. The monoisotopic (exact) mass is 416 g/mol. The molecule has 2 aliphatic rings. The summed E-state index contributed by atoms with van der Waals surface area (Å²) >= 11 is 0. The lowest BCUT2D eigenvalue weighted by molar-refractivity contribution is -0.153. The predicted octanol–water partition coefficient (Wildman–Crippen LogP) is 1.87. The number of hydrogen-bond acceptors (Lipinski definition) is 5. The van der Waals surface area contributed by atoms with E-state index in [1.807, 2.05) is 31.2 Å². The summed E-state index contributed by atoms with van der Waals surface area (Å²) in [6.45, 7) is 2.69. The number of carbonyl (C=O) groups excluding carboxylic acids is 2. The second-order valence-electron chi connectivity index (χ2n) is 7.72. The summed E-state index contributed by atoms with van der Waals surface area (Å²) in [7, 11) is -3.63. The van der Waals surface area contributed by atoms with Gasteiger partial charge in [-0.2, -0.15) is 4.31 Å². The average molecular weight is 416 g/mol. The Morgan fingerprint density at radius 1 is 1.03 bits per heavy atom. The molecule has 0 bridgehead atoms. The topological polar surface area (TPSA) is 84.0 Å². The van der Waals surface area contributed by atoms with Crippen LogP contribution in [-0.2, 0) is 24.3 Å². The molecule has 0 spiro atoms. The molecular formula is C21H24N2O5S. The average Bonchev–Trinajstić information content (AvgIpc) is 3.48. The van der Waals surface area contributed by atoms with E-state index in [9.17, 15) is 18.0 Å². The van der Waals surface area contributed by atoms with Crippen LogP contribution in [0.3, 0.4) is 0 Å². The van der Waals surface area contributed by atoms with Crippen LogP contribution < -0.4 is 0 Å². The minimum absolute atomic E-state index is 0.0771. The van der Waals surface area contributed by atoms with Gasteiger partial charge in [0.05, 0.1) is 10.8 Å². The first kappa shape index (κ1) is 19.8. The molecule has 1 aliphatic carbocycles. The van der Waals surface area contributed by atoms with Gasteiger partial charge in [0.25, 0.3) is 5.91 Å². The molecule has 2 fully saturated rings. The van der Waals surface area contributed by atoms with Gasteiger partial charge in [0, 0.05) is 26.2 Å². The Kier molecular flexibility index (Phi) is 5.31. The highest BCUT2D eigenvalue weighted by Crippen LogP contribution is 2.38. The van der Waals surface area contributed by atoms with Crippen LogP contribution >= 0.6 is 0 Å². The van der Waals surface area contributed by atoms with Crippen molar-refractivity contribution < 1.29 is 22.7 Å². The Morgan fingerprint density at radius 2 is 1.69 bits per heavy atom. The van der Waals surface area contributed by atoms with Gasteiger partial charge in [-0.1, -0.05) is 37.3 Å². The maximum absolute atomic E-state index is 13.0. The zero-order valence-electron chi connectivity index (χ0n) is 16.3. The summed E-state index contributed by atoms with van der Waals surface area (Å²) in [5, 5.41) is 1.85. The van der Waals surface area contributed by atoms with E-state index in [1.54, 1.807) is 23.1 Å². The van der Waals surface area contributed by atoms with E-state index in [0.29, 0.717) is 5.92 Å². The molecule has 7 nitrogen and oxygen atoms in total. The fraction of sp³-hybridized carbons (Fsp3) is 0.429. The lowest BCUT2D eigenvalue weighted by Crippen LogP contribution is -2.51. The van der Waals surface area contributed by atoms with Crippen molar-refractivity contribution in [2.45, 2.75) is 18.2 Å². The van der Waals surface area contributed by atoms with E-state index < -0.39 is 10.0 Å². The van der Waals surface area contributed by atoms with Crippen molar-refractivity contribution in [2.75, 3.05) is 32.8 Å². The van der Waals surface area contributed by atoms with Crippen LogP contribution in [0.2, 0.25) is 0 Å². The third-order valence-corrected chi connectivity index (χ3v) is 7.59. The first-order valence-electron chi connectivity index (χ1n) is 9.79. The Bertz CT molecular complexity index is 1040. The molecule has 2 aromatic rings. The molecule has 1 heterocycles. The molecule has 0 radical (unpaired) electrons. The van der Waals surface area contributed by atoms with Crippen LogP contribution in [0.25, 0.3) is 10.8 Å². The fourth-order valence-electron chi connectivity index (χ4n) is 3.64. The van der Waals surface area contributed by atoms with Crippen LogP contribution in [0.4, 0.5) is 0 Å². The van der Waals surface area contributed by atoms with Gasteiger partial charge in [-0.25, -0.2) is 8.42 Å². The first-order chi connectivity index (χ1) is 13.9. The quantitative estimate of drug-likeness (QED) is 0.695. The van der Waals surface area contributed by atoms with Crippen LogP contribution in [-0.4, -0.2) is 62.3 Å². The van der Waals surface area contributed by atoms with E-state index in [1.165, 1.54) is 4.31 Å².